The van der Waals surface area contributed by atoms with E-state index in [-0.39, 0.29) is 28.1 Å². The van der Waals surface area contributed by atoms with E-state index in [1.807, 2.05) is 0 Å². The largest absolute Gasteiger partial charge is 0.501 e. The van der Waals surface area contributed by atoms with Gasteiger partial charge >= 0.3 is 46.9 Å². The highest BCUT2D eigenvalue weighted by Crippen LogP contribution is 2.78. The maximum Gasteiger partial charge on any atom is 0.501 e. The van der Waals surface area contributed by atoms with Crippen LogP contribution in [0.5, 0.6) is 0 Å². The molecular formula is C20H30N10O26P6. The Labute approximate surface area is 340 Å². The molecule has 346 valence electrons. The summed E-state index contributed by atoms with van der Waals surface area (Å²) in [6.45, 7) is -2.75. The van der Waals surface area contributed by atoms with Crippen LogP contribution in [0.25, 0.3) is 22.3 Å². The summed E-state index contributed by atoms with van der Waals surface area (Å²) in [5.41, 5.74) is 9.87. The number of rotatable bonds is 18. The summed E-state index contributed by atoms with van der Waals surface area (Å²) in [6, 6.07) is 0. The number of aromatic nitrogens is 8. The molecule has 0 spiro atoms. The Morgan fingerprint density at radius 1 is 0.629 bits per heavy atom. The van der Waals surface area contributed by atoms with Gasteiger partial charge in [0.1, 0.15) is 48.5 Å². The van der Waals surface area contributed by atoms with Crippen molar-refractivity contribution in [3.05, 3.63) is 29.3 Å². The Balaban J connectivity index is 1.29. The van der Waals surface area contributed by atoms with Gasteiger partial charge < -0.3 is 70.7 Å². The molecular weight excluding hydrogens is 982 g/mol. The average Bonchev–Trinajstić information content (AvgIpc) is 3.85. The molecule has 6 rings (SSSR count). The molecule has 62 heavy (non-hydrogen) atoms. The molecule has 8 unspecified atom stereocenters. The molecule has 2 aliphatic rings. The summed E-state index contributed by atoms with van der Waals surface area (Å²) in [5.74, 6) is -0.530. The van der Waals surface area contributed by atoms with Gasteiger partial charge in [-0.3, -0.25) is 28.0 Å². The van der Waals surface area contributed by atoms with Gasteiger partial charge in [0.15, 0.2) is 35.1 Å². The lowest BCUT2D eigenvalue weighted by Crippen LogP contribution is -2.34. The van der Waals surface area contributed by atoms with Gasteiger partial charge in [0.25, 0.3) is 5.56 Å². The number of phosphoric ester groups is 1. The van der Waals surface area contributed by atoms with Crippen LogP contribution in [0, 0.1) is 0 Å². The number of nitrogens with zero attached hydrogens (tertiary/aromatic N) is 7. The van der Waals surface area contributed by atoms with Crippen LogP contribution in [-0.2, 0) is 67.5 Å². The minimum atomic E-state index is -6.88. The molecule has 0 aliphatic carbocycles. The van der Waals surface area contributed by atoms with Gasteiger partial charge in [-0.15, -0.1) is 0 Å². The van der Waals surface area contributed by atoms with Gasteiger partial charge in [-0.25, -0.2) is 47.3 Å². The number of phosphoric acid groups is 6. The quantitative estimate of drug-likeness (QED) is 0.0444. The van der Waals surface area contributed by atoms with Gasteiger partial charge in [-0.1, -0.05) is 0 Å². The third kappa shape index (κ3) is 11.1. The van der Waals surface area contributed by atoms with Crippen LogP contribution in [0.15, 0.2) is 23.8 Å². The summed E-state index contributed by atoms with van der Waals surface area (Å²) in [6.07, 6.45) is -12.1. The fraction of sp³-hybridized carbons (Fsp3) is 0.500. The van der Waals surface area contributed by atoms with E-state index in [1.54, 1.807) is 0 Å². The van der Waals surface area contributed by atoms with Gasteiger partial charge in [0.2, 0.25) is 5.95 Å². The van der Waals surface area contributed by atoms with Crippen molar-refractivity contribution in [2.75, 3.05) is 24.7 Å². The Morgan fingerprint density at radius 2 is 1.13 bits per heavy atom. The van der Waals surface area contributed by atoms with E-state index in [2.05, 4.69) is 51.5 Å². The highest BCUT2D eigenvalue weighted by atomic mass is 31.3. The Kier molecular flexibility index (Phi) is 13.7. The van der Waals surface area contributed by atoms with E-state index in [0.29, 0.717) is 0 Å². The average molecular weight is 1010 g/mol. The second-order valence-corrected chi connectivity index (χ2v) is 21.7. The second kappa shape index (κ2) is 17.5. The predicted octanol–water partition coefficient (Wildman–Crippen LogP) is -2.92. The summed E-state index contributed by atoms with van der Waals surface area (Å²) >= 11 is 0. The number of nitrogens with two attached hydrogens (primary N) is 2. The normalized spacial score (nSPS) is 28.7. The Bertz CT molecular complexity index is 2690. The first-order valence-corrected chi connectivity index (χ1v) is 25.0. The molecule has 6 heterocycles. The summed E-state index contributed by atoms with van der Waals surface area (Å²) < 4.78 is 117. The molecule has 36 nitrogen and oxygen atoms in total. The molecule has 4 aromatic rings. The number of hydrogen-bond donors (Lipinski definition) is 13. The number of imidazole rings is 2. The van der Waals surface area contributed by atoms with E-state index >= 15 is 0 Å². The lowest BCUT2D eigenvalue weighted by Gasteiger charge is -2.26. The minimum Gasteiger partial charge on any atom is -0.387 e. The summed E-state index contributed by atoms with van der Waals surface area (Å²) in [5, 5.41) is 43.3. The van der Waals surface area contributed by atoms with E-state index in [1.165, 1.54) is 0 Å². The predicted molar refractivity (Wildman–Crippen MR) is 190 cm³/mol. The first-order chi connectivity index (χ1) is 28.5. The maximum absolute atomic E-state index is 14.2. The molecule has 2 saturated heterocycles. The van der Waals surface area contributed by atoms with Crippen LogP contribution in [-0.4, -0.2) is 139 Å². The highest BCUT2D eigenvalue weighted by molar-refractivity contribution is 7.74. The minimum absolute atomic E-state index is 0.0135. The van der Waals surface area contributed by atoms with Gasteiger partial charge in [-0.05, 0) is 0 Å². The second-order valence-electron chi connectivity index (χ2n) is 12.3. The first-order valence-electron chi connectivity index (χ1n) is 16.0. The van der Waals surface area contributed by atoms with Crippen molar-refractivity contribution in [2.24, 2.45) is 0 Å². The van der Waals surface area contributed by atoms with Crippen molar-refractivity contribution in [1.29, 1.82) is 0 Å². The van der Waals surface area contributed by atoms with Crippen molar-refractivity contribution in [1.82, 2.24) is 39.0 Å². The molecule has 0 amide bonds. The molecule has 0 bridgehead atoms. The zero-order valence-electron chi connectivity index (χ0n) is 29.7. The van der Waals surface area contributed by atoms with E-state index in [9.17, 15) is 72.2 Å². The molecule has 42 heteroatoms. The number of H-pyrrole nitrogens is 1. The molecule has 2 fully saturated rings. The molecule has 2 aliphatic heterocycles. The number of fused-ring (bicyclic) bond motifs is 2. The SMILES string of the molecule is Nc1nc2c(ncn2[C@@H]2O[C@H](COP(=O)(OC[C@H]3O[C@@H](n4cnc5c(N)ncnc54)C(O)C3O)OP(=O)(OP(=O)(O)O)OP(=O)(O)OP(=O)(O)OP(=O)(O)O)C(O)C2O)c(=O)[nH]1. The van der Waals surface area contributed by atoms with Crippen molar-refractivity contribution >= 4 is 81.0 Å². The fourth-order valence-electron chi connectivity index (χ4n) is 5.51. The number of hydrogen-bond acceptors (Lipinski definition) is 27. The number of aliphatic hydroxyl groups excluding tert-OH is 4. The van der Waals surface area contributed by atoms with Crippen LogP contribution in [0.2, 0.25) is 0 Å². The van der Waals surface area contributed by atoms with Crippen molar-refractivity contribution in [3.8, 4) is 0 Å². The van der Waals surface area contributed by atoms with Crippen molar-refractivity contribution in [2.45, 2.75) is 49.1 Å². The number of aromatic amines is 1. The van der Waals surface area contributed by atoms with Gasteiger partial charge in [0, 0.05) is 0 Å². The molecule has 12 atom stereocenters. The Morgan fingerprint density at radius 3 is 1.66 bits per heavy atom. The lowest BCUT2D eigenvalue weighted by molar-refractivity contribution is -0.0606. The van der Waals surface area contributed by atoms with Crippen molar-refractivity contribution < 1.29 is 117 Å². The van der Waals surface area contributed by atoms with Crippen molar-refractivity contribution in [3.63, 3.8) is 0 Å². The van der Waals surface area contributed by atoms with Gasteiger partial charge in [-0.2, -0.15) is 26.5 Å². The molecule has 0 radical (unpaired) electrons. The molecule has 0 saturated carbocycles. The summed E-state index contributed by atoms with van der Waals surface area (Å²) in [4.78, 5) is 89.7. The Hall–Kier alpha value is -2.88. The lowest BCUT2D eigenvalue weighted by atomic mass is 10.1. The zero-order chi connectivity index (χ0) is 46.0. The third-order valence-corrected chi connectivity index (χ3v) is 17.0. The number of anilines is 2. The molecule has 0 aromatic carbocycles. The third-order valence-electron chi connectivity index (χ3n) is 7.88. The van der Waals surface area contributed by atoms with Crippen LogP contribution in [0.3, 0.4) is 0 Å². The highest BCUT2D eigenvalue weighted by Gasteiger charge is 2.55. The summed E-state index contributed by atoms with van der Waals surface area (Å²) in [7, 11) is -38.7. The van der Waals surface area contributed by atoms with E-state index < -0.39 is 121 Å². The van der Waals surface area contributed by atoms with Crippen LogP contribution >= 0.6 is 46.9 Å². The standard InChI is InChI=1S/C20H30N10O26P6/c21-14-8-15(24-3-23-14)29(4-25-8)18-12(33)10(31)6(50-18)1-48-61(46,56-62(47,53-58(39,40)41)55-60(44,45)54-59(42,43)52-57(36,37)38)49-2-7-11(32)13(34)19(51-7)30-5-26-9-16(30)27-20(22)28-17(9)35/h3-7,10-13,18-19,31-34H,1-2H2,(H,42,43)(H,44,45)(H2,21,23,24)(H2,36,37,38)(H2,39,40,41)(H3,22,27,28,35)/t6-,7-,10?,11?,12?,13?,18-,19-,61?,62?/m1/s1. The smallest absolute Gasteiger partial charge is 0.387 e. The molecule has 4 aromatic heterocycles. The number of nitrogen functional groups attached to an aromatic ring is 2. The van der Waals surface area contributed by atoms with E-state index in [0.717, 1.165) is 28.1 Å². The maximum atomic E-state index is 14.2. The van der Waals surface area contributed by atoms with E-state index in [4.69, 9.17) is 39.8 Å². The van der Waals surface area contributed by atoms with Crippen LogP contribution in [0.4, 0.5) is 11.8 Å². The number of ether oxygens (including phenoxy) is 2. The zero-order valence-corrected chi connectivity index (χ0v) is 35.1. The molecule has 15 N–H and O–H groups in total. The van der Waals surface area contributed by atoms with Crippen LogP contribution in [0.1, 0.15) is 12.5 Å². The number of aliphatic hydroxyl groups is 4. The fourth-order valence-corrected chi connectivity index (χ4v) is 13.7. The van der Waals surface area contributed by atoms with Gasteiger partial charge in [0.05, 0.1) is 25.9 Å². The van der Waals surface area contributed by atoms with Crippen LogP contribution < -0.4 is 17.0 Å². The number of nitrogens with one attached hydrogen (secondary N) is 1. The monoisotopic (exact) mass is 1010 g/mol. The first kappa shape index (κ1) is 48.6. The topological polar surface area (TPSA) is 547 Å².